The summed E-state index contributed by atoms with van der Waals surface area (Å²) in [6, 6.07) is 13.5. The summed E-state index contributed by atoms with van der Waals surface area (Å²) in [6.45, 7) is 6.14. The number of halogens is 1. The van der Waals surface area contributed by atoms with Gasteiger partial charge < -0.3 is 9.84 Å². The second kappa shape index (κ2) is 8.98. The van der Waals surface area contributed by atoms with E-state index in [1.807, 2.05) is 50.2 Å². The number of rotatable bonds is 5. The molecule has 3 aromatic rings. The van der Waals surface area contributed by atoms with Crippen molar-refractivity contribution >= 4 is 23.2 Å². The zero-order valence-electron chi connectivity index (χ0n) is 17.2. The Hall–Kier alpha value is -2.70. The molecule has 0 bridgehead atoms. The van der Waals surface area contributed by atoms with Crippen molar-refractivity contribution in [2.24, 2.45) is 5.92 Å². The fourth-order valence-electron chi connectivity index (χ4n) is 3.71. The lowest BCUT2D eigenvalue weighted by Gasteiger charge is -2.31. The highest BCUT2D eigenvalue weighted by Crippen LogP contribution is 2.24. The van der Waals surface area contributed by atoms with Gasteiger partial charge in [-0.2, -0.15) is 4.98 Å². The number of aryl methyl sites for hydroxylation is 2. The Balaban J connectivity index is 1.38. The molecule has 1 amide bonds. The Morgan fingerprint density at radius 2 is 2.03 bits per heavy atom. The molecule has 156 valence electrons. The summed E-state index contributed by atoms with van der Waals surface area (Å²) < 4.78 is 5.43. The zero-order chi connectivity index (χ0) is 21.1. The van der Waals surface area contributed by atoms with Crippen molar-refractivity contribution in [2.75, 3.05) is 18.4 Å². The smallest absolute Gasteiger partial charge is 0.257 e. The molecule has 6 nitrogen and oxygen atoms in total. The molecule has 1 aromatic heterocycles. The van der Waals surface area contributed by atoms with Crippen molar-refractivity contribution in [2.45, 2.75) is 33.2 Å². The van der Waals surface area contributed by atoms with E-state index in [9.17, 15) is 4.79 Å². The van der Waals surface area contributed by atoms with Crippen molar-refractivity contribution < 1.29 is 9.32 Å². The predicted molar refractivity (Wildman–Crippen MR) is 117 cm³/mol. The molecule has 0 unspecified atom stereocenters. The van der Waals surface area contributed by atoms with Crippen LogP contribution in [0.25, 0.3) is 11.5 Å². The first-order valence-electron chi connectivity index (χ1n) is 10.2. The standard InChI is InChI=1S/C23H25ClN4O2/c1-15-5-8-17(9-6-15)23-26-21(27-30-23)14-28-11-3-4-18(13-28)22(29)25-20-12-19(24)10-7-16(20)2/h5-10,12,18H,3-4,11,13-14H2,1-2H3,(H,25,29)/t18-/m0/s1. The summed E-state index contributed by atoms with van der Waals surface area (Å²) in [4.78, 5) is 19.6. The fraction of sp³-hybridized carbons (Fsp3) is 0.348. The maximum atomic E-state index is 12.8. The van der Waals surface area contributed by atoms with E-state index in [4.69, 9.17) is 16.1 Å². The Morgan fingerprint density at radius 3 is 2.83 bits per heavy atom. The number of nitrogens with zero attached hydrogens (tertiary/aromatic N) is 3. The van der Waals surface area contributed by atoms with Gasteiger partial charge in [0.25, 0.3) is 5.89 Å². The SMILES string of the molecule is Cc1ccc(-c2nc(CN3CCC[C@H](C(=O)Nc4cc(Cl)ccc4C)C3)no2)cc1. The summed E-state index contributed by atoms with van der Waals surface area (Å²) in [5, 5.41) is 7.77. The van der Waals surface area contributed by atoms with Crippen LogP contribution in [-0.4, -0.2) is 34.0 Å². The molecule has 1 aliphatic rings. The van der Waals surface area contributed by atoms with E-state index in [0.29, 0.717) is 29.8 Å². The van der Waals surface area contributed by atoms with E-state index >= 15 is 0 Å². The fourth-order valence-corrected chi connectivity index (χ4v) is 3.88. The van der Waals surface area contributed by atoms with Gasteiger partial charge in [-0.25, -0.2) is 0 Å². The van der Waals surface area contributed by atoms with Crippen LogP contribution in [-0.2, 0) is 11.3 Å². The molecular weight excluding hydrogens is 400 g/mol. The first-order chi connectivity index (χ1) is 14.5. The molecule has 1 saturated heterocycles. The van der Waals surface area contributed by atoms with Crippen molar-refractivity contribution in [1.82, 2.24) is 15.0 Å². The number of benzene rings is 2. The zero-order valence-corrected chi connectivity index (χ0v) is 17.9. The van der Waals surface area contributed by atoms with Crippen LogP contribution in [0.5, 0.6) is 0 Å². The van der Waals surface area contributed by atoms with Crippen LogP contribution in [0.15, 0.2) is 47.0 Å². The number of nitrogens with one attached hydrogen (secondary N) is 1. The quantitative estimate of drug-likeness (QED) is 0.633. The Morgan fingerprint density at radius 1 is 1.23 bits per heavy atom. The number of anilines is 1. The first-order valence-corrected chi connectivity index (χ1v) is 10.5. The molecule has 4 rings (SSSR count). The van der Waals surface area contributed by atoms with Gasteiger partial charge in [-0.05, 0) is 63.1 Å². The highest BCUT2D eigenvalue weighted by Gasteiger charge is 2.27. The molecule has 0 radical (unpaired) electrons. The average Bonchev–Trinajstić information content (AvgIpc) is 3.20. The molecule has 2 heterocycles. The minimum Gasteiger partial charge on any atom is -0.334 e. The summed E-state index contributed by atoms with van der Waals surface area (Å²) in [5.41, 5.74) is 3.86. The monoisotopic (exact) mass is 424 g/mol. The maximum Gasteiger partial charge on any atom is 0.257 e. The highest BCUT2D eigenvalue weighted by atomic mass is 35.5. The van der Waals surface area contributed by atoms with Gasteiger partial charge in [-0.1, -0.05) is 40.5 Å². The number of amides is 1. The summed E-state index contributed by atoms with van der Waals surface area (Å²) >= 11 is 6.07. The van der Waals surface area contributed by atoms with E-state index in [2.05, 4.69) is 20.4 Å². The molecule has 1 aliphatic heterocycles. The molecule has 30 heavy (non-hydrogen) atoms. The number of piperidine rings is 1. The third-order valence-electron chi connectivity index (χ3n) is 5.47. The minimum absolute atomic E-state index is 0.0264. The third-order valence-corrected chi connectivity index (χ3v) is 5.70. The van der Waals surface area contributed by atoms with Gasteiger partial charge in [-0.3, -0.25) is 9.69 Å². The van der Waals surface area contributed by atoms with Gasteiger partial charge in [0, 0.05) is 22.8 Å². The van der Waals surface area contributed by atoms with Gasteiger partial charge in [0.1, 0.15) is 0 Å². The second-order valence-electron chi connectivity index (χ2n) is 7.90. The van der Waals surface area contributed by atoms with E-state index in [1.54, 1.807) is 6.07 Å². The van der Waals surface area contributed by atoms with Gasteiger partial charge in [0.05, 0.1) is 12.5 Å². The Bertz CT molecular complexity index is 1030. The molecule has 1 N–H and O–H groups in total. The van der Waals surface area contributed by atoms with Gasteiger partial charge in [0.15, 0.2) is 5.82 Å². The normalized spacial score (nSPS) is 17.1. The lowest BCUT2D eigenvalue weighted by atomic mass is 9.97. The van der Waals surface area contributed by atoms with Crippen LogP contribution in [0, 0.1) is 19.8 Å². The van der Waals surface area contributed by atoms with Crippen LogP contribution >= 0.6 is 11.6 Å². The molecule has 0 aliphatic carbocycles. The number of hydrogen-bond donors (Lipinski definition) is 1. The summed E-state index contributed by atoms with van der Waals surface area (Å²) in [6.07, 6.45) is 1.82. The molecule has 1 atom stereocenters. The molecule has 0 spiro atoms. The molecule has 2 aromatic carbocycles. The Kier molecular flexibility index (Phi) is 6.16. The van der Waals surface area contributed by atoms with E-state index < -0.39 is 0 Å². The summed E-state index contributed by atoms with van der Waals surface area (Å²) in [5.74, 6) is 1.10. The van der Waals surface area contributed by atoms with Crippen LogP contribution in [0.1, 0.15) is 29.8 Å². The highest BCUT2D eigenvalue weighted by molar-refractivity contribution is 6.31. The van der Waals surface area contributed by atoms with Crippen LogP contribution in [0.4, 0.5) is 5.69 Å². The van der Waals surface area contributed by atoms with Crippen molar-refractivity contribution in [3.05, 3.63) is 64.4 Å². The van der Waals surface area contributed by atoms with Crippen molar-refractivity contribution in [1.29, 1.82) is 0 Å². The van der Waals surface area contributed by atoms with E-state index in [-0.39, 0.29) is 11.8 Å². The lowest BCUT2D eigenvalue weighted by molar-refractivity contribution is -0.121. The number of aromatic nitrogens is 2. The molecule has 1 fully saturated rings. The third kappa shape index (κ3) is 4.89. The topological polar surface area (TPSA) is 71.3 Å². The van der Waals surface area contributed by atoms with Crippen LogP contribution in [0.3, 0.4) is 0 Å². The lowest BCUT2D eigenvalue weighted by Crippen LogP contribution is -2.40. The number of likely N-dealkylation sites (tertiary alicyclic amines) is 1. The average molecular weight is 425 g/mol. The predicted octanol–water partition coefficient (Wildman–Crippen LogP) is 4.86. The number of carbonyl (C=O) groups is 1. The van der Waals surface area contributed by atoms with Gasteiger partial charge in [0.2, 0.25) is 5.91 Å². The Labute approximate surface area is 181 Å². The van der Waals surface area contributed by atoms with Gasteiger partial charge >= 0.3 is 0 Å². The summed E-state index contributed by atoms with van der Waals surface area (Å²) in [7, 11) is 0. The minimum atomic E-state index is -0.0828. The van der Waals surface area contributed by atoms with Crippen LogP contribution < -0.4 is 5.32 Å². The number of carbonyl (C=O) groups excluding carboxylic acids is 1. The molecule has 7 heteroatoms. The largest absolute Gasteiger partial charge is 0.334 e. The maximum absolute atomic E-state index is 12.8. The van der Waals surface area contributed by atoms with Gasteiger partial charge in [-0.15, -0.1) is 0 Å². The van der Waals surface area contributed by atoms with Crippen molar-refractivity contribution in [3.8, 4) is 11.5 Å². The molecular formula is C23H25ClN4O2. The van der Waals surface area contributed by atoms with Crippen LogP contribution in [0.2, 0.25) is 5.02 Å². The molecule has 0 saturated carbocycles. The van der Waals surface area contributed by atoms with E-state index in [1.165, 1.54) is 5.56 Å². The first kappa shape index (κ1) is 20.6. The second-order valence-corrected chi connectivity index (χ2v) is 8.34. The van der Waals surface area contributed by atoms with E-state index in [0.717, 1.165) is 36.2 Å². The van der Waals surface area contributed by atoms with Crippen molar-refractivity contribution in [3.63, 3.8) is 0 Å². The number of hydrogen-bond acceptors (Lipinski definition) is 5.